The molecular formula is C14H16Cl2N2O4. The number of nitrogens with zero attached hydrogens (tertiary/aromatic N) is 1. The number of phenolic OH excluding ortho intramolecular Hbond substituents is 1. The number of phenols is 1. The van der Waals surface area contributed by atoms with Crippen LogP contribution in [0.15, 0.2) is 12.1 Å². The summed E-state index contributed by atoms with van der Waals surface area (Å²) in [5.41, 5.74) is 0.0258. The second kappa shape index (κ2) is 7.17. The minimum Gasteiger partial charge on any atom is -0.506 e. The second-order valence-electron chi connectivity index (χ2n) is 5.28. The first kappa shape index (κ1) is 16.9. The Morgan fingerprint density at radius 2 is 2.09 bits per heavy atom. The predicted octanol–water partition coefficient (Wildman–Crippen LogP) is 1.84. The first-order valence-electron chi connectivity index (χ1n) is 6.77. The molecule has 22 heavy (non-hydrogen) atoms. The minimum atomic E-state index is -0.858. The molecule has 6 nitrogen and oxygen atoms in total. The largest absolute Gasteiger partial charge is 0.506 e. The summed E-state index contributed by atoms with van der Waals surface area (Å²) in [4.78, 5) is 24.6. The molecule has 120 valence electrons. The van der Waals surface area contributed by atoms with Crippen LogP contribution in [-0.2, 0) is 4.79 Å². The summed E-state index contributed by atoms with van der Waals surface area (Å²) in [5, 5.41) is 21.6. The molecule has 8 heteroatoms. The molecule has 0 bridgehead atoms. The highest BCUT2D eigenvalue weighted by Gasteiger charge is 2.25. The molecular weight excluding hydrogens is 331 g/mol. The van der Waals surface area contributed by atoms with Crippen molar-refractivity contribution in [3.8, 4) is 5.75 Å². The molecule has 0 spiro atoms. The molecule has 2 rings (SSSR count). The van der Waals surface area contributed by atoms with E-state index in [1.165, 1.54) is 12.1 Å². The Balaban J connectivity index is 1.90. The maximum Gasteiger partial charge on any atom is 0.317 e. The lowest BCUT2D eigenvalue weighted by atomic mass is 10.1. The van der Waals surface area contributed by atoms with Crippen LogP contribution >= 0.6 is 23.2 Å². The van der Waals surface area contributed by atoms with Gasteiger partial charge in [-0.25, -0.2) is 0 Å². The van der Waals surface area contributed by atoms with E-state index in [2.05, 4.69) is 5.32 Å². The average molecular weight is 347 g/mol. The third-order valence-electron chi connectivity index (χ3n) is 3.55. The van der Waals surface area contributed by atoms with Crippen LogP contribution in [-0.4, -0.2) is 53.2 Å². The van der Waals surface area contributed by atoms with Gasteiger partial charge in [-0.3, -0.25) is 14.5 Å². The SMILES string of the molecule is O=C(O)CN1CCC(CNC(=O)c2cc(Cl)cc(Cl)c2O)C1. The topological polar surface area (TPSA) is 89.9 Å². The summed E-state index contributed by atoms with van der Waals surface area (Å²) >= 11 is 11.6. The fourth-order valence-electron chi connectivity index (χ4n) is 2.49. The van der Waals surface area contributed by atoms with Crippen LogP contribution in [0.4, 0.5) is 0 Å². The van der Waals surface area contributed by atoms with E-state index in [0.717, 1.165) is 6.42 Å². The summed E-state index contributed by atoms with van der Waals surface area (Å²) in [7, 11) is 0. The zero-order valence-corrected chi connectivity index (χ0v) is 13.2. The maximum atomic E-state index is 12.1. The molecule has 1 saturated heterocycles. The lowest BCUT2D eigenvalue weighted by Crippen LogP contribution is -2.32. The molecule has 1 aromatic carbocycles. The van der Waals surface area contributed by atoms with Gasteiger partial charge in [0.1, 0.15) is 5.75 Å². The number of hydrogen-bond donors (Lipinski definition) is 3. The van der Waals surface area contributed by atoms with E-state index in [-0.39, 0.29) is 33.8 Å². The van der Waals surface area contributed by atoms with Crippen molar-refractivity contribution < 1.29 is 19.8 Å². The first-order chi connectivity index (χ1) is 10.4. The number of carboxylic acid groups (broad SMARTS) is 1. The highest BCUT2D eigenvalue weighted by atomic mass is 35.5. The summed E-state index contributed by atoms with van der Waals surface area (Å²) < 4.78 is 0. The van der Waals surface area contributed by atoms with Gasteiger partial charge in [0, 0.05) is 18.1 Å². The van der Waals surface area contributed by atoms with Gasteiger partial charge >= 0.3 is 5.97 Å². The molecule has 1 amide bonds. The van der Waals surface area contributed by atoms with E-state index in [4.69, 9.17) is 28.3 Å². The normalized spacial score (nSPS) is 18.4. The van der Waals surface area contributed by atoms with Gasteiger partial charge in [0.15, 0.2) is 0 Å². The van der Waals surface area contributed by atoms with Crippen molar-refractivity contribution in [2.75, 3.05) is 26.2 Å². The Bertz CT molecular complexity index is 594. The Morgan fingerprint density at radius 3 is 2.77 bits per heavy atom. The number of carbonyl (C=O) groups excluding carboxylic acids is 1. The summed E-state index contributed by atoms with van der Waals surface area (Å²) in [5.74, 6) is -1.44. The van der Waals surface area contributed by atoms with Crippen molar-refractivity contribution in [1.82, 2.24) is 10.2 Å². The van der Waals surface area contributed by atoms with Gasteiger partial charge in [0.2, 0.25) is 0 Å². The lowest BCUT2D eigenvalue weighted by Gasteiger charge is -2.14. The van der Waals surface area contributed by atoms with Crippen molar-refractivity contribution in [1.29, 1.82) is 0 Å². The fraction of sp³-hybridized carbons (Fsp3) is 0.429. The molecule has 1 atom stereocenters. The first-order valence-corrected chi connectivity index (χ1v) is 7.52. The number of nitrogens with one attached hydrogen (secondary N) is 1. The monoisotopic (exact) mass is 346 g/mol. The molecule has 1 fully saturated rings. The Labute approximate surface area is 137 Å². The van der Waals surface area contributed by atoms with E-state index in [9.17, 15) is 14.7 Å². The molecule has 1 heterocycles. The molecule has 1 aliphatic heterocycles. The third-order valence-corrected chi connectivity index (χ3v) is 4.06. The van der Waals surface area contributed by atoms with Gasteiger partial charge in [-0.15, -0.1) is 0 Å². The highest BCUT2D eigenvalue weighted by Crippen LogP contribution is 2.31. The quantitative estimate of drug-likeness (QED) is 0.756. The lowest BCUT2D eigenvalue weighted by molar-refractivity contribution is -0.138. The van der Waals surface area contributed by atoms with E-state index < -0.39 is 11.9 Å². The van der Waals surface area contributed by atoms with Gasteiger partial charge in [-0.05, 0) is 31.0 Å². The van der Waals surface area contributed by atoms with Crippen LogP contribution in [0.2, 0.25) is 10.0 Å². The van der Waals surface area contributed by atoms with E-state index in [0.29, 0.717) is 19.6 Å². The smallest absolute Gasteiger partial charge is 0.317 e. The van der Waals surface area contributed by atoms with Gasteiger partial charge in [-0.1, -0.05) is 23.2 Å². The number of aliphatic carboxylic acids is 1. The molecule has 1 unspecified atom stereocenters. The fourth-order valence-corrected chi connectivity index (χ4v) is 2.98. The predicted molar refractivity (Wildman–Crippen MR) is 82.6 cm³/mol. The van der Waals surface area contributed by atoms with Crippen molar-refractivity contribution in [3.63, 3.8) is 0 Å². The summed E-state index contributed by atoms with van der Waals surface area (Å²) in [6.45, 7) is 1.73. The van der Waals surface area contributed by atoms with Gasteiger partial charge in [-0.2, -0.15) is 0 Å². The standard InChI is InChI=1S/C14H16Cl2N2O4/c15-9-3-10(13(21)11(16)4-9)14(22)17-5-8-1-2-18(6-8)7-12(19)20/h3-4,8,21H,1-2,5-7H2,(H,17,22)(H,19,20). The number of carboxylic acids is 1. The maximum absolute atomic E-state index is 12.1. The summed E-state index contributed by atoms with van der Waals surface area (Å²) in [6.07, 6.45) is 0.815. The number of aromatic hydroxyl groups is 1. The van der Waals surface area contributed by atoms with Crippen LogP contribution in [0.25, 0.3) is 0 Å². The molecule has 1 aromatic rings. The molecule has 0 aromatic heterocycles. The Hall–Kier alpha value is -1.50. The highest BCUT2D eigenvalue weighted by molar-refractivity contribution is 6.36. The van der Waals surface area contributed by atoms with Crippen LogP contribution in [0.5, 0.6) is 5.75 Å². The number of amides is 1. The molecule has 0 aliphatic carbocycles. The minimum absolute atomic E-state index is 0.00906. The number of hydrogen-bond acceptors (Lipinski definition) is 4. The zero-order valence-electron chi connectivity index (χ0n) is 11.7. The van der Waals surface area contributed by atoms with Crippen molar-refractivity contribution >= 4 is 35.1 Å². The van der Waals surface area contributed by atoms with Crippen molar-refractivity contribution in [2.45, 2.75) is 6.42 Å². The van der Waals surface area contributed by atoms with Gasteiger partial charge < -0.3 is 15.5 Å². The zero-order chi connectivity index (χ0) is 16.3. The average Bonchev–Trinajstić information content (AvgIpc) is 2.86. The number of halogens is 2. The molecule has 0 radical (unpaired) electrons. The van der Waals surface area contributed by atoms with E-state index in [1.807, 2.05) is 4.90 Å². The van der Waals surface area contributed by atoms with Crippen LogP contribution < -0.4 is 5.32 Å². The molecule has 1 aliphatic rings. The van der Waals surface area contributed by atoms with Crippen LogP contribution in [0, 0.1) is 5.92 Å². The molecule has 3 N–H and O–H groups in total. The number of benzene rings is 1. The Morgan fingerprint density at radius 1 is 1.36 bits per heavy atom. The third kappa shape index (κ3) is 4.25. The van der Waals surface area contributed by atoms with Gasteiger partial charge in [0.25, 0.3) is 5.91 Å². The second-order valence-corrected chi connectivity index (χ2v) is 6.12. The van der Waals surface area contributed by atoms with Crippen LogP contribution in [0.1, 0.15) is 16.8 Å². The van der Waals surface area contributed by atoms with Gasteiger partial charge in [0.05, 0.1) is 17.1 Å². The van der Waals surface area contributed by atoms with E-state index >= 15 is 0 Å². The van der Waals surface area contributed by atoms with Crippen molar-refractivity contribution in [3.05, 3.63) is 27.7 Å². The van der Waals surface area contributed by atoms with Crippen LogP contribution in [0.3, 0.4) is 0 Å². The summed E-state index contributed by atoms with van der Waals surface area (Å²) in [6, 6.07) is 2.71. The van der Waals surface area contributed by atoms with Crippen molar-refractivity contribution in [2.24, 2.45) is 5.92 Å². The van der Waals surface area contributed by atoms with E-state index in [1.54, 1.807) is 0 Å². The number of likely N-dealkylation sites (tertiary alicyclic amines) is 1. The Kier molecular flexibility index (Phi) is 5.50. The number of carbonyl (C=O) groups is 2. The molecule has 0 saturated carbocycles. The number of rotatable bonds is 5.